The fraction of sp³-hybridized carbons (Fsp3) is 0.345. The molecule has 6 nitrogen and oxygen atoms in total. The smallest absolute Gasteiger partial charge is 0.323 e. The van der Waals surface area contributed by atoms with Gasteiger partial charge in [0.15, 0.2) is 0 Å². The predicted molar refractivity (Wildman–Crippen MR) is 143 cm³/mol. The van der Waals surface area contributed by atoms with Crippen LogP contribution in [0.1, 0.15) is 52.7 Å². The number of anilines is 2. The number of carbonyl (C=O) groups is 2. The van der Waals surface area contributed by atoms with Gasteiger partial charge in [-0.05, 0) is 86.4 Å². The monoisotopic (exact) mass is 506 g/mol. The number of halogens is 2. The molecule has 0 spiro atoms. The molecule has 37 heavy (non-hydrogen) atoms. The fourth-order valence-corrected chi connectivity index (χ4v) is 5.06. The zero-order valence-corrected chi connectivity index (χ0v) is 21.2. The van der Waals surface area contributed by atoms with Crippen molar-refractivity contribution in [2.75, 3.05) is 10.6 Å². The maximum Gasteiger partial charge on any atom is 0.323 e. The first-order valence-corrected chi connectivity index (χ1v) is 12.3. The van der Waals surface area contributed by atoms with E-state index in [1.807, 2.05) is 57.2 Å². The van der Waals surface area contributed by atoms with Gasteiger partial charge in [-0.3, -0.25) is 9.50 Å². The van der Waals surface area contributed by atoms with Gasteiger partial charge in [-0.25, -0.2) is 9.18 Å². The first-order valence-electron chi connectivity index (χ1n) is 12.3. The van der Waals surface area contributed by atoms with Crippen molar-refractivity contribution in [3.63, 3.8) is 0 Å². The number of nitrogens with one attached hydrogen (secondary N) is 3. The van der Waals surface area contributed by atoms with Crippen molar-refractivity contribution in [3.8, 4) is 6.07 Å². The van der Waals surface area contributed by atoms with E-state index in [2.05, 4.69) is 22.0 Å². The Morgan fingerprint density at radius 2 is 1.54 bits per heavy atom. The quantitative estimate of drug-likeness (QED) is 0.359. The average Bonchev–Trinajstić information content (AvgIpc) is 2.84. The minimum Gasteiger partial charge on any atom is -0.336 e. The lowest BCUT2D eigenvalue weighted by Gasteiger charge is -2.28. The van der Waals surface area contributed by atoms with E-state index in [0.29, 0.717) is 31.4 Å². The normalized spacial score (nSPS) is 17.7. The summed E-state index contributed by atoms with van der Waals surface area (Å²) < 4.78 is 13.6. The van der Waals surface area contributed by atoms with Crippen LogP contribution in [0.4, 0.5) is 25.3 Å². The number of benzene rings is 3. The molecule has 0 bridgehead atoms. The van der Waals surface area contributed by atoms with Crippen LogP contribution in [0.15, 0.2) is 48.5 Å². The molecule has 0 aromatic heterocycles. The number of amides is 3. The van der Waals surface area contributed by atoms with Gasteiger partial charge in [0.05, 0.1) is 17.3 Å². The summed E-state index contributed by atoms with van der Waals surface area (Å²) in [6.07, 6.45) is 1.08. The lowest BCUT2D eigenvalue weighted by atomic mass is 9.83. The van der Waals surface area contributed by atoms with Crippen molar-refractivity contribution in [1.82, 2.24) is 5.32 Å². The third kappa shape index (κ3) is 6.42. The average molecular weight is 507 g/mol. The molecule has 3 aromatic carbocycles. The summed E-state index contributed by atoms with van der Waals surface area (Å²) in [7, 11) is 0. The Morgan fingerprint density at radius 1 is 0.946 bits per heavy atom. The Morgan fingerprint density at radius 3 is 2.14 bits per heavy atom. The van der Waals surface area contributed by atoms with Crippen LogP contribution in [-0.2, 0) is 0 Å². The first-order chi connectivity index (χ1) is 17.2. The molecule has 1 aliphatic carbocycles. The van der Waals surface area contributed by atoms with Gasteiger partial charge in [0, 0.05) is 5.69 Å². The van der Waals surface area contributed by atoms with Gasteiger partial charge >= 0.3 is 6.03 Å². The Balaban J connectivity index is 0.00000380. The van der Waals surface area contributed by atoms with Gasteiger partial charge in [-0.2, -0.15) is 5.26 Å². The lowest BCUT2D eigenvalue weighted by Crippen LogP contribution is -2.41. The number of hydrogen-bond donors (Lipinski definition) is 3. The van der Waals surface area contributed by atoms with Crippen molar-refractivity contribution in [2.24, 2.45) is 5.92 Å². The van der Waals surface area contributed by atoms with Gasteiger partial charge in [0.25, 0.3) is 5.91 Å². The highest BCUT2D eigenvalue weighted by Gasteiger charge is 2.29. The second-order valence-electron chi connectivity index (χ2n) is 9.69. The third-order valence-electron chi connectivity index (χ3n) is 6.89. The van der Waals surface area contributed by atoms with E-state index < -0.39 is 24.2 Å². The SMILES string of the molecule is Cc1cc(C)c(NC(=O)Nc2cc3ccccc3cc2C(=O)N[C@H](C#N)C2CCC(F)CC2)c(C)c1.F. The van der Waals surface area contributed by atoms with E-state index in [9.17, 15) is 19.2 Å². The zero-order valence-electron chi connectivity index (χ0n) is 21.2. The van der Waals surface area contributed by atoms with Crippen LogP contribution in [0.25, 0.3) is 10.8 Å². The van der Waals surface area contributed by atoms with E-state index in [1.165, 1.54) is 0 Å². The predicted octanol–water partition coefficient (Wildman–Crippen LogP) is 6.71. The topological polar surface area (TPSA) is 94.0 Å². The van der Waals surface area contributed by atoms with Crippen molar-refractivity contribution in [2.45, 2.75) is 58.7 Å². The van der Waals surface area contributed by atoms with Crippen LogP contribution in [-0.4, -0.2) is 24.2 Å². The number of urea groups is 1. The second kappa shape index (κ2) is 11.8. The van der Waals surface area contributed by atoms with Crippen LogP contribution < -0.4 is 16.0 Å². The first kappa shape index (κ1) is 27.6. The van der Waals surface area contributed by atoms with E-state index in [-0.39, 0.29) is 16.2 Å². The second-order valence-corrected chi connectivity index (χ2v) is 9.69. The van der Waals surface area contributed by atoms with Crippen molar-refractivity contribution >= 4 is 34.1 Å². The summed E-state index contributed by atoms with van der Waals surface area (Å²) in [6, 6.07) is 16.0. The van der Waals surface area contributed by atoms with Crippen LogP contribution in [0, 0.1) is 38.0 Å². The number of carbonyl (C=O) groups excluding carboxylic acids is 2. The van der Waals surface area contributed by atoms with Crippen molar-refractivity contribution < 1.29 is 18.7 Å². The molecule has 3 amide bonds. The highest BCUT2D eigenvalue weighted by Crippen LogP contribution is 2.30. The molecule has 1 atom stereocenters. The molecule has 1 fully saturated rings. The Labute approximate surface area is 215 Å². The molecular formula is C29H32F2N4O2. The summed E-state index contributed by atoms with van der Waals surface area (Å²) in [6.45, 7) is 5.87. The number of nitrogens with zero attached hydrogens (tertiary/aromatic N) is 1. The molecule has 0 radical (unpaired) electrons. The zero-order chi connectivity index (χ0) is 25.8. The highest BCUT2D eigenvalue weighted by molar-refractivity contribution is 6.10. The molecule has 8 heteroatoms. The molecule has 3 aromatic rings. The lowest BCUT2D eigenvalue weighted by molar-refractivity contribution is 0.0923. The molecule has 0 unspecified atom stereocenters. The molecule has 0 aliphatic heterocycles. The largest absolute Gasteiger partial charge is 0.336 e. The number of hydrogen-bond acceptors (Lipinski definition) is 3. The Bertz CT molecular complexity index is 1320. The Kier molecular flexibility index (Phi) is 8.82. The maximum atomic E-state index is 13.6. The molecule has 0 saturated heterocycles. The van der Waals surface area contributed by atoms with E-state index in [4.69, 9.17) is 0 Å². The van der Waals surface area contributed by atoms with E-state index >= 15 is 0 Å². The summed E-state index contributed by atoms with van der Waals surface area (Å²) in [5.41, 5.74) is 4.32. The number of aryl methyl sites for hydroxylation is 3. The van der Waals surface area contributed by atoms with Gasteiger partial charge < -0.3 is 16.0 Å². The van der Waals surface area contributed by atoms with Crippen LogP contribution in [0.5, 0.6) is 0 Å². The number of alkyl halides is 1. The molecule has 1 aliphatic rings. The van der Waals surface area contributed by atoms with Crippen LogP contribution in [0.2, 0.25) is 0 Å². The van der Waals surface area contributed by atoms with Gasteiger partial charge in [-0.15, -0.1) is 0 Å². The highest BCUT2D eigenvalue weighted by atomic mass is 19.1. The summed E-state index contributed by atoms with van der Waals surface area (Å²) >= 11 is 0. The van der Waals surface area contributed by atoms with Crippen molar-refractivity contribution in [1.29, 1.82) is 5.26 Å². The van der Waals surface area contributed by atoms with Crippen LogP contribution in [0.3, 0.4) is 0 Å². The van der Waals surface area contributed by atoms with E-state index in [0.717, 1.165) is 33.2 Å². The van der Waals surface area contributed by atoms with Gasteiger partial charge in [-0.1, -0.05) is 42.0 Å². The molecule has 4 rings (SSSR count). The van der Waals surface area contributed by atoms with Gasteiger partial charge in [0.2, 0.25) is 0 Å². The standard InChI is InChI=1S/C29H31FN4O2.FH/c1-17-12-18(2)27(19(3)13-17)34-29(36)33-25-15-22-7-5-4-6-21(22)14-24(25)28(35)32-26(16-31)20-8-10-23(30)11-9-20;/h4-7,12-15,20,23,26H,8-11H2,1-3H3,(H,32,35)(H2,33,34,36);1H/t20?,23?,26-;/m1./s1. The molecule has 0 heterocycles. The van der Waals surface area contributed by atoms with Gasteiger partial charge in [0.1, 0.15) is 12.2 Å². The Hall–Kier alpha value is -3.99. The molecule has 1 saturated carbocycles. The van der Waals surface area contributed by atoms with Crippen molar-refractivity contribution in [3.05, 3.63) is 70.8 Å². The number of rotatable bonds is 5. The fourth-order valence-electron chi connectivity index (χ4n) is 5.06. The molecule has 194 valence electrons. The minimum absolute atomic E-state index is 0. The summed E-state index contributed by atoms with van der Waals surface area (Å²) in [5.74, 6) is -0.550. The number of nitriles is 1. The summed E-state index contributed by atoms with van der Waals surface area (Å²) in [5, 5.41) is 20.0. The minimum atomic E-state index is -0.841. The molecular weight excluding hydrogens is 474 g/mol. The maximum absolute atomic E-state index is 13.6. The van der Waals surface area contributed by atoms with E-state index in [1.54, 1.807) is 12.1 Å². The molecule has 3 N–H and O–H groups in total. The summed E-state index contributed by atoms with van der Waals surface area (Å²) in [4.78, 5) is 26.4. The number of fused-ring (bicyclic) bond motifs is 1. The third-order valence-corrected chi connectivity index (χ3v) is 6.89. The van der Waals surface area contributed by atoms with Crippen LogP contribution >= 0.6 is 0 Å².